The van der Waals surface area contributed by atoms with Crippen molar-refractivity contribution in [1.82, 2.24) is 0 Å². The number of allylic oxidation sites excluding steroid dienone is 1. The van der Waals surface area contributed by atoms with Crippen LogP contribution in [0.2, 0.25) is 0 Å². The highest BCUT2D eigenvalue weighted by Gasteiger charge is 1.99. The predicted molar refractivity (Wildman–Crippen MR) is 72.7 cm³/mol. The van der Waals surface area contributed by atoms with E-state index in [1.807, 2.05) is 0 Å². The Morgan fingerprint density at radius 2 is 1.56 bits per heavy atom. The molecule has 16 heavy (non-hydrogen) atoms. The number of rotatable bonds is 11. The van der Waals surface area contributed by atoms with Crippen LogP contribution >= 0.6 is 0 Å². The first-order chi connectivity index (χ1) is 7.81. The monoisotopic (exact) mass is 226 g/mol. The molecule has 1 atom stereocenters. The molecule has 0 aliphatic heterocycles. The average molecular weight is 226 g/mol. The first kappa shape index (κ1) is 15.7. The molecular formula is C15H30O. The van der Waals surface area contributed by atoms with Gasteiger partial charge in [0.2, 0.25) is 0 Å². The molecule has 0 fully saturated rings. The van der Waals surface area contributed by atoms with Crippen molar-refractivity contribution < 1.29 is 5.11 Å². The molecule has 0 rings (SSSR count). The summed E-state index contributed by atoms with van der Waals surface area (Å²) >= 11 is 0. The molecule has 1 N–H and O–H groups in total. The Kier molecular flexibility index (Phi) is 12.5. The maximum Gasteiger partial charge on any atom is 0.0574 e. The minimum absolute atomic E-state index is 0.113. The lowest BCUT2D eigenvalue weighted by Gasteiger charge is -2.06. The fraction of sp³-hybridized carbons (Fsp3) is 0.867. The van der Waals surface area contributed by atoms with E-state index >= 15 is 0 Å². The van der Waals surface area contributed by atoms with Crippen LogP contribution in [0.3, 0.4) is 0 Å². The zero-order valence-corrected chi connectivity index (χ0v) is 11.3. The fourth-order valence-corrected chi connectivity index (χ4v) is 1.81. The number of unbranched alkanes of at least 4 members (excludes halogenated alkanes) is 6. The van der Waals surface area contributed by atoms with Crippen LogP contribution in [0.5, 0.6) is 0 Å². The summed E-state index contributed by atoms with van der Waals surface area (Å²) < 4.78 is 0. The van der Waals surface area contributed by atoms with Crippen molar-refractivity contribution in [2.75, 3.05) is 0 Å². The lowest BCUT2D eigenvalue weighted by molar-refractivity contribution is 0.164. The molecule has 0 unspecified atom stereocenters. The van der Waals surface area contributed by atoms with Gasteiger partial charge < -0.3 is 5.11 Å². The van der Waals surface area contributed by atoms with E-state index in [4.69, 9.17) is 0 Å². The Balaban J connectivity index is 3.23. The zero-order chi connectivity index (χ0) is 12.1. The highest BCUT2D eigenvalue weighted by molar-refractivity contribution is 4.83. The van der Waals surface area contributed by atoms with Crippen LogP contribution in [0.1, 0.15) is 78.1 Å². The van der Waals surface area contributed by atoms with Gasteiger partial charge in [-0.15, -0.1) is 0 Å². The van der Waals surface area contributed by atoms with E-state index in [1.54, 1.807) is 0 Å². The number of hydrogen-bond donors (Lipinski definition) is 1. The number of aliphatic hydroxyl groups excluding tert-OH is 1. The normalized spacial score (nSPS) is 13.4. The van der Waals surface area contributed by atoms with E-state index in [0.717, 1.165) is 12.8 Å². The van der Waals surface area contributed by atoms with Crippen molar-refractivity contribution in [2.24, 2.45) is 0 Å². The second kappa shape index (κ2) is 12.8. The molecule has 0 aliphatic rings. The van der Waals surface area contributed by atoms with Gasteiger partial charge in [-0.05, 0) is 25.7 Å². The molecule has 0 aromatic heterocycles. The third-order valence-corrected chi connectivity index (χ3v) is 2.94. The number of aliphatic hydroxyl groups is 1. The highest BCUT2D eigenvalue weighted by Crippen LogP contribution is 2.08. The molecule has 0 saturated carbocycles. The predicted octanol–water partition coefficient (Wildman–Crippen LogP) is 4.84. The van der Waals surface area contributed by atoms with E-state index in [2.05, 4.69) is 26.0 Å². The molecular weight excluding hydrogens is 196 g/mol. The summed E-state index contributed by atoms with van der Waals surface area (Å²) in [5, 5.41) is 9.67. The van der Waals surface area contributed by atoms with Gasteiger partial charge in [-0.3, -0.25) is 0 Å². The van der Waals surface area contributed by atoms with E-state index in [0.29, 0.717) is 0 Å². The van der Waals surface area contributed by atoms with Crippen LogP contribution < -0.4 is 0 Å². The summed E-state index contributed by atoms with van der Waals surface area (Å²) in [6, 6.07) is 0. The fourth-order valence-electron chi connectivity index (χ4n) is 1.81. The summed E-state index contributed by atoms with van der Waals surface area (Å²) in [5.41, 5.74) is 0. The summed E-state index contributed by atoms with van der Waals surface area (Å²) in [4.78, 5) is 0. The van der Waals surface area contributed by atoms with Crippen LogP contribution in [0, 0.1) is 0 Å². The molecule has 0 aromatic carbocycles. The summed E-state index contributed by atoms with van der Waals surface area (Å²) in [5.74, 6) is 0. The largest absolute Gasteiger partial charge is 0.393 e. The third-order valence-electron chi connectivity index (χ3n) is 2.94. The topological polar surface area (TPSA) is 20.2 Å². The molecule has 0 radical (unpaired) electrons. The third kappa shape index (κ3) is 11.8. The summed E-state index contributed by atoms with van der Waals surface area (Å²) in [6.45, 7) is 4.44. The van der Waals surface area contributed by atoms with Crippen molar-refractivity contribution >= 4 is 0 Å². The van der Waals surface area contributed by atoms with Crippen LogP contribution in [0.25, 0.3) is 0 Å². The second-order valence-corrected chi connectivity index (χ2v) is 4.71. The molecule has 0 aliphatic carbocycles. The van der Waals surface area contributed by atoms with Gasteiger partial charge in [0.25, 0.3) is 0 Å². The minimum atomic E-state index is -0.113. The maximum absolute atomic E-state index is 9.67. The van der Waals surface area contributed by atoms with Gasteiger partial charge >= 0.3 is 0 Å². The van der Waals surface area contributed by atoms with Gasteiger partial charge in [0.05, 0.1) is 6.10 Å². The maximum atomic E-state index is 9.67. The zero-order valence-electron chi connectivity index (χ0n) is 11.3. The van der Waals surface area contributed by atoms with Crippen molar-refractivity contribution in [3.05, 3.63) is 12.2 Å². The molecule has 0 amide bonds. The van der Waals surface area contributed by atoms with E-state index < -0.39 is 0 Å². The lowest BCUT2D eigenvalue weighted by Crippen LogP contribution is -2.04. The average Bonchev–Trinajstić information content (AvgIpc) is 2.28. The van der Waals surface area contributed by atoms with Crippen molar-refractivity contribution in [1.29, 1.82) is 0 Å². The quantitative estimate of drug-likeness (QED) is 0.394. The van der Waals surface area contributed by atoms with Crippen LogP contribution in [-0.2, 0) is 0 Å². The van der Waals surface area contributed by atoms with Gasteiger partial charge in [0.1, 0.15) is 0 Å². The molecule has 0 bridgehead atoms. The van der Waals surface area contributed by atoms with Gasteiger partial charge in [0, 0.05) is 0 Å². The van der Waals surface area contributed by atoms with Crippen LogP contribution in [0.15, 0.2) is 12.2 Å². The van der Waals surface area contributed by atoms with E-state index in [1.165, 1.54) is 51.4 Å². The Labute approximate surface area is 102 Å². The van der Waals surface area contributed by atoms with Crippen LogP contribution in [-0.4, -0.2) is 11.2 Å². The standard InChI is InChI=1S/C15H30O/c1-3-5-7-8-9-10-12-14-15(16)13-11-6-4-2/h10,12,15-16H,3-9,11,13-14H2,1-2H3/b12-10+/t15-/m0/s1. The Morgan fingerprint density at radius 3 is 2.25 bits per heavy atom. The molecule has 1 nitrogen and oxygen atoms in total. The van der Waals surface area contributed by atoms with E-state index in [-0.39, 0.29) is 6.10 Å². The number of hydrogen-bond acceptors (Lipinski definition) is 1. The van der Waals surface area contributed by atoms with Gasteiger partial charge in [-0.25, -0.2) is 0 Å². The Morgan fingerprint density at radius 1 is 0.875 bits per heavy atom. The second-order valence-electron chi connectivity index (χ2n) is 4.71. The minimum Gasteiger partial charge on any atom is -0.393 e. The summed E-state index contributed by atoms with van der Waals surface area (Å²) in [7, 11) is 0. The molecule has 96 valence electrons. The first-order valence-corrected chi connectivity index (χ1v) is 7.14. The molecule has 1 heteroatoms. The Hall–Kier alpha value is -0.300. The van der Waals surface area contributed by atoms with Gasteiger partial charge in [-0.1, -0.05) is 64.5 Å². The Bertz CT molecular complexity index is 152. The molecule has 0 heterocycles. The van der Waals surface area contributed by atoms with Crippen molar-refractivity contribution in [3.8, 4) is 0 Å². The molecule has 0 spiro atoms. The van der Waals surface area contributed by atoms with Crippen LogP contribution in [0.4, 0.5) is 0 Å². The first-order valence-electron chi connectivity index (χ1n) is 7.14. The van der Waals surface area contributed by atoms with Crippen molar-refractivity contribution in [3.63, 3.8) is 0 Å². The van der Waals surface area contributed by atoms with Gasteiger partial charge in [0.15, 0.2) is 0 Å². The summed E-state index contributed by atoms with van der Waals surface area (Å²) in [6.07, 6.45) is 16.2. The SMILES string of the molecule is CCCCCC/C=C/C[C@@H](O)CCCCC. The smallest absolute Gasteiger partial charge is 0.0574 e. The van der Waals surface area contributed by atoms with E-state index in [9.17, 15) is 5.11 Å². The highest BCUT2D eigenvalue weighted by atomic mass is 16.3. The lowest BCUT2D eigenvalue weighted by atomic mass is 10.1. The molecule has 0 saturated heterocycles. The van der Waals surface area contributed by atoms with Gasteiger partial charge in [-0.2, -0.15) is 0 Å². The van der Waals surface area contributed by atoms with Crippen molar-refractivity contribution in [2.45, 2.75) is 84.2 Å². The molecule has 0 aromatic rings.